The van der Waals surface area contributed by atoms with Crippen molar-refractivity contribution in [2.75, 3.05) is 39.9 Å². The molecule has 2 fully saturated rings. The van der Waals surface area contributed by atoms with Crippen molar-refractivity contribution in [3.8, 4) is 0 Å². The normalized spacial score (nSPS) is 24.3. The largest absolute Gasteiger partial charge is 0.392 e. The summed E-state index contributed by atoms with van der Waals surface area (Å²) in [4.78, 5) is 30.1. The van der Waals surface area contributed by atoms with Crippen LogP contribution < -0.4 is 5.32 Å². The molecule has 0 spiro atoms. The van der Waals surface area contributed by atoms with E-state index in [2.05, 4.69) is 10.2 Å². The SMILES string of the molecule is COCCNC(=O)[C@@H]1C[C@@H](O)CN1C1CCN(C(=O)c2sccc2C)CC1. The zero-order chi connectivity index (χ0) is 19.4. The summed E-state index contributed by atoms with van der Waals surface area (Å²) in [5.41, 5.74) is 1.03. The Kier molecular flexibility index (Phi) is 6.86. The van der Waals surface area contributed by atoms with Crippen molar-refractivity contribution in [3.05, 3.63) is 21.9 Å². The molecule has 0 radical (unpaired) electrons. The van der Waals surface area contributed by atoms with E-state index in [0.717, 1.165) is 23.3 Å². The number of piperidine rings is 1. The van der Waals surface area contributed by atoms with Gasteiger partial charge in [-0.25, -0.2) is 0 Å². The van der Waals surface area contributed by atoms with Gasteiger partial charge in [-0.3, -0.25) is 14.5 Å². The molecule has 2 aliphatic rings. The lowest BCUT2D eigenvalue weighted by Gasteiger charge is -2.38. The Bertz CT molecular complexity index is 657. The van der Waals surface area contributed by atoms with E-state index in [1.807, 2.05) is 23.3 Å². The lowest BCUT2D eigenvalue weighted by Crippen LogP contribution is -2.52. The molecular weight excluding hydrogens is 366 g/mol. The van der Waals surface area contributed by atoms with Gasteiger partial charge >= 0.3 is 0 Å². The Morgan fingerprint density at radius 1 is 1.37 bits per heavy atom. The van der Waals surface area contributed by atoms with Crippen LogP contribution >= 0.6 is 11.3 Å². The molecule has 150 valence electrons. The quantitative estimate of drug-likeness (QED) is 0.698. The fourth-order valence-electron chi connectivity index (χ4n) is 4.03. The van der Waals surface area contributed by atoms with Crippen LogP contribution in [-0.2, 0) is 9.53 Å². The minimum atomic E-state index is -0.475. The Morgan fingerprint density at radius 3 is 2.74 bits per heavy atom. The molecule has 0 saturated carbocycles. The first-order chi connectivity index (χ1) is 13.0. The molecule has 3 rings (SSSR count). The molecule has 0 unspecified atom stereocenters. The third kappa shape index (κ3) is 4.68. The van der Waals surface area contributed by atoms with Crippen LogP contribution in [0.15, 0.2) is 11.4 Å². The van der Waals surface area contributed by atoms with Gasteiger partial charge in [0, 0.05) is 39.3 Å². The van der Waals surface area contributed by atoms with Crippen molar-refractivity contribution in [2.24, 2.45) is 0 Å². The molecule has 0 aromatic carbocycles. The van der Waals surface area contributed by atoms with Crippen LogP contribution in [0.2, 0.25) is 0 Å². The molecule has 0 bridgehead atoms. The second-order valence-electron chi connectivity index (χ2n) is 7.34. The minimum Gasteiger partial charge on any atom is -0.392 e. The monoisotopic (exact) mass is 395 g/mol. The van der Waals surface area contributed by atoms with E-state index in [0.29, 0.717) is 39.2 Å². The molecular formula is C19H29N3O4S. The summed E-state index contributed by atoms with van der Waals surface area (Å²) in [5, 5.41) is 14.9. The van der Waals surface area contributed by atoms with Crippen molar-refractivity contribution in [1.29, 1.82) is 0 Å². The van der Waals surface area contributed by atoms with Crippen molar-refractivity contribution in [2.45, 2.75) is 44.4 Å². The van der Waals surface area contributed by atoms with Crippen LogP contribution in [-0.4, -0.2) is 84.8 Å². The second-order valence-corrected chi connectivity index (χ2v) is 8.26. The number of hydrogen-bond acceptors (Lipinski definition) is 6. The molecule has 2 N–H and O–H groups in total. The van der Waals surface area contributed by atoms with Gasteiger partial charge in [-0.15, -0.1) is 11.3 Å². The molecule has 1 aromatic rings. The van der Waals surface area contributed by atoms with E-state index in [9.17, 15) is 14.7 Å². The Hall–Kier alpha value is -1.48. The smallest absolute Gasteiger partial charge is 0.264 e. The van der Waals surface area contributed by atoms with Crippen LogP contribution in [0.25, 0.3) is 0 Å². The molecule has 2 amide bonds. The first-order valence-corrected chi connectivity index (χ1v) is 10.4. The van der Waals surface area contributed by atoms with E-state index >= 15 is 0 Å². The number of aliphatic hydroxyl groups is 1. The summed E-state index contributed by atoms with van der Waals surface area (Å²) in [6.45, 7) is 4.81. The molecule has 7 nitrogen and oxygen atoms in total. The van der Waals surface area contributed by atoms with Gasteiger partial charge in [0.05, 0.1) is 23.6 Å². The highest BCUT2D eigenvalue weighted by atomic mass is 32.1. The van der Waals surface area contributed by atoms with Gasteiger partial charge in [-0.1, -0.05) is 0 Å². The van der Waals surface area contributed by atoms with Gasteiger partial charge in [0.15, 0.2) is 0 Å². The zero-order valence-corrected chi connectivity index (χ0v) is 16.8. The van der Waals surface area contributed by atoms with E-state index in [1.165, 1.54) is 11.3 Å². The van der Waals surface area contributed by atoms with Gasteiger partial charge in [0.25, 0.3) is 5.91 Å². The molecule has 2 atom stereocenters. The lowest BCUT2D eigenvalue weighted by atomic mass is 10.0. The summed E-state index contributed by atoms with van der Waals surface area (Å²) in [6.07, 6.45) is 1.64. The zero-order valence-electron chi connectivity index (χ0n) is 16.0. The van der Waals surface area contributed by atoms with E-state index in [1.54, 1.807) is 7.11 Å². The summed E-state index contributed by atoms with van der Waals surface area (Å²) in [7, 11) is 1.60. The number of thiophene rings is 1. The fraction of sp³-hybridized carbons (Fsp3) is 0.684. The highest BCUT2D eigenvalue weighted by molar-refractivity contribution is 7.12. The van der Waals surface area contributed by atoms with Crippen molar-refractivity contribution in [3.63, 3.8) is 0 Å². The van der Waals surface area contributed by atoms with Crippen LogP contribution in [0.1, 0.15) is 34.5 Å². The number of methoxy groups -OCH3 is 1. The highest BCUT2D eigenvalue weighted by Gasteiger charge is 2.41. The summed E-state index contributed by atoms with van der Waals surface area (Å²) in [5.74, 6) is 0.0626. The number of ether oxygens (including phenoxy) is 1. The first kappa shape index (κ1) is 20.3. The standard InChI is InChI=1S/C19H29N3O4S/c1-13-5-10-27-17(13)19(25)21-7-3-14(4-8-21)22-12-15(23)11-16(22)18(24)20-6-9-26-2/h5,10,14-16,23H,3-4,6-9,11-12H2,1-2H3,(H,20,24)/t15-,16+/m1/s1. The van der Waals surface area contributed by atoms with Crippen molar-refractivity contribution in [1.82, 2.24) is 15.1 Å². The molecule has 27 heavy (non-hydrogen) atoms. The summed E-state index contributed by atoms with van der Waals surface area (Å²) < 4.78 is 4.98. The second kappa shape index (κ2) is 9.14. The third-order valence-electron chi connectivity index (χ3n) is 5.50. The molecule has 8 heteroatoms. The number of β-amino-alcohol motifs (C(OH)–C–C–N with tert-alkyl or cyclic N) is 1. The van der Waals surface area contributed by atoms with Gasteiger partial charge in [0.2, 0.25) is 5.91 Å². The molecule has 2 saturated heterocycles. The maximum absolute atomic E-state index is 12.7. The van der Waals surface area contributed by atoms with Crippen LogP contribution in [0.4, 0.5) is 0 Å². The maximum atomic E-state index is 12.7. The molecule has 2 aliphatic heterocycles. The average molecular weight is 396 g/mol. The number of nitrogens with one attached hydrogen (secondary N) is 1. The summed E-state index contributed by atoms with van der Waals surface area (Å²) in [6, 6.07) is 1.89. The minimum absolute atomic E-state index is 0.0451. The predicted octanol–water partition coefficient (Wildman–Crippen LogP) is 0.859. The third-order valence-corrected chi connectivity index (χ3v) is 6.51. The number of carbonyl (C=O) groups excluding carboxylic acids is 2. The van der Waals surface area contributed by atoms with Crippen LogP contribution in [0.3, 0.4) is 0 Å². The van der Waals surface area contributed by atoms with Gasteiger partial charge in [0.1, 0.15) is 0 Å². The Balaban J connectivity index is 1.56. The average Bonchev–Trinajstić information content (AvgIpc) is 3.27. The number of hydrogen-bond donors (Lipinski definition) is 2. The number of likely N-dealkylation sites (tertiary alicyclic amines) is 2. The number of nitrogens with zero attached hydrogens (tertiary/aromatic N) is 2. The van der Waals surface area contributed by atoms with Gasteiger partial charge in [-0.05, 0) is 43.2 Å². The number of aliphatic hydroxyl groups excluding tert-OH is 1. The Labute approximate surface area is 164 Å². The molecule has 1 aromatic heterocycles. The number of aryl methyl sites for hydroxylation is 1. The maximum Gasteiger partial charge on any atom is 0.264 e. The van der Waals surface area contributed by atoms with Gasteiger partial charge < -0.3 is 20.1 Å². The van der Waals surface area contributed by atoms with Crippen molar-refractivity contribution < 1.29 is 19.4 Å². The fourth-order valence-corrected chi connectivity index (χ4v) is 4.92. The van der Waals surface area contributed by atoms with Crippen molar-refractivity contribution >= 4 is 23.2 Å². The summed E-state index contributed by atoms with van der Waals surface area (Å²) >= 11 is 1.49. The Morgan fingerprint density at radius 2 is 2.11 bits per heavy atom. The molecule has 0 aliphatic carbocycles. The van der Waals surface area contributed by atoms with Gasteiger partial charge in [-0.2, -0.15) is 0 Å². The first-order valence-electron chi connectivity index (χ1n) is 9.55. The van der Waals surface area contributed by atoms with E-state index < -0.39 is 6.10 Å². The van der Waals surface area contributed by atoms with Crippen LogP contribution in [0, 0.1) is 6.92 Å². The molecule has 3 heterocycles. The lowest BCUT2D eigenvalue weighted by molar-refractivity contribution is -0.126. The van der Waals surface area contributed by atoms with Crippen LogP contribution in [0.5, 0.6) is 0 Å². The van der Waals surface area contributed by atoms with E-state index in [4.69, 9.17) is 4.74 Å². The number of carbonyl (C=O) groups is 2. The number of amides is 2. The predicted molar refractivity (Wildman–Crippen MR) is 104 cm³/mol. The number of rotatable bonds is 6. The van der Waals surface area contributed by atoms with E-state index in [-0.39, 0.29) is 23.9 Å². The highest BCUT2D eigenvalue weighted by Crippen LogP contribution is 2.28. The topological polar surface area (TPSA) is 82.1 Å².